The van der Waals surface area contributed by atoms with Crippen molar-refractivity contribution in [3.63, 3.8) is 0 Å². The van der Waals surface area contributed by atoms with Crippen molar-refractivity contribution in [2.75, 3.05) is 24.3 Å². The molecule has 3 aromatic carbocycles. The number of urea groups is 1. The second-order valence-electron chi connectivity index (χ2n) is 7.17. The van der Waals surface area contributed by atoms with Crippen molar-refractivity contribution in [2.45, 2.75) is 0 Å². The fourth-order valence-electron chi connectivity index (χ4n) is 3.34. The van der Waals surface area contributed by atoms with Crippen LogP contribution >= 0.6 is 23.8 Å². The van der Waals surface area contributed by atoms with Crippen LogP contribution in [0.5, 0.6) is 5.75 Å². The van der Waals surface area contributed by atoms with Crippen LogP contribution in [0.2, 0.25) is 5.02 Å². The molecule has 0 saturated carbocycles. The maximum absolute atomic E-state index is 14.1. The zero-order valence-corrected chi connectivity index (χ0v) is 19.2. The third-order valence-corrected chi connectivity index (χ3v) is 5.33. The van der Waals surface area contributed by atoms with E-state index in [1.54, 1.807) is 55.4 Å². The Morgan fingerprint density at radius 1 is 1.09 bits per heavy atom. The van der Waals surface area contributed by atoms with Gasteiger partial charge in [0.15, 0.2) is 5.75 Å². The fraction of sp³-hybridized carbons (Fsp3) is 0.0870. The molecule has 0 bridgehead atoms. The molecular formula is C23H20ClFN4O3S. The summed E-state index contributed by atoms with van der Waals surface area (Å²) in [5.41, 5.74) is 6.74. The van der Waals surface area contributed by atoms with Gasteiger partial charge in [-0.05, 0) is 24.3 Å². The van der Waals surface area contributed by atoms with Gasteiger partial charge in [0, 0.05) is 30.9 Å². The maximum Gasteiger partial charge on any atom is 0.317 e. The lowest BCUT2D eigenvalue weighted by atomic mass is 9.97. The van der Waals surface area contributed by atoms with Gasteiger partial charge in [0.25, 0.3) is 5.91 Å². The fourth-order valence-corrected chi connectivity index (χ4v) is 3.99. The number of thiocarbonyl (C=S) groups is 1. The van der Waals surface area contributed by atoms with E-state index in [1.165, 1.54) is 18.2 Å². The minimum atomic E-state index is -0.896. The Hall–Kier alpha value is -3.69. The van der Waals surface area contributed by atoms with Crippen LogP contribution < -0.4 is 21.3 Å². The number of anilines is 2. The quantitative estimate of drug-likeness (QED) is 0.397. The predicted octanol–water partition coefficient (Wildman–Crippen LogP) is 4.51. The van der Waals surface area contributed by atoms with E-state index in [-0.39, 0.29) is 26.9 Å². The number of primary amides is 1. The van der Waals surface area contributed by atoms with Crippen molar-refractivity contribution in [3.8, 4) is 16.9 Å². The molecule has 33 heavy (non-hydrogen) atoms. The van der Waals surface area contributed by atoms with Gasteiger partial charge in [0.1, 0.15) is 10.8 Å². The van der Waals surface area contributed by atoms with Gasteiger partial charge in [0.05, 0.1) is 21.8 Å². The second-order valence-corrected chi connectivity index (χ2v) is 7.99. The number of nitrogens with two attached hydrogens (primary N) is 1. The highest BCUT2D eigenvalue weighted by Gasteiger charge is 2.24. The third kappa shape index (κ3) is 5.05. The number of hydrogen-bond donors (Lipinski definition) is 4. The number of carbonyl (C=O) groups is 2. The van der Waals surface area contributed by atoms with E-state index in [1.807, 2.05) is 0 Å². The van der Waals surface area contributed by atoms with Gasteiger partial charge in [-0.2, -0.15) is 0 Å². The van der Waals surface area contributed by atoms with Crippen molar-refractivity contribution >= 4 is 52.1 Å². The summed E-state index contributed by atoms with van der Waals surface area (Å²) in [6.07, 6.45) is 0. The van der Waals surface area contributed by atoms with Crippen molar-refractivity contribution in [1.29, 1.82) is 0 Å². The SMILES string of the molecule is CN(C)c1c(-c2ccccc2NC(=O)c2ccccc2F)cc(Cl)c(C(=S)NC(N)=O)c1O. The highest BCUT2D eigenvalue weighted by atomic mass is 35.5. The van der Waals surface area contributed by atoms with Gasteiger partial charge >= 0.3 is 6.03 Å². The van der Waals surface area contributed by atoms with E-state index in [0.717, 1.165) is 0 Å². The molecular weight excluding hydrogens is 467 g/mol. The highest BCUT2D eigenvalue weighted by Crippen LogP contribution is 2.45. The molecule has 0 aliphatic heterocycles. The molecule has 0 aromatic heterocycles. The monoisotopic (exact) mass is 486 g/mol. The molecule has 3 amide bonds. The van der Waals surface area contributed by atoms with Gasteiger partial charge < -0.3 is 21.1 Å². The molecule has 3 rings (SSSR count). The minimum absolute atomic E-state index is 0.0331. The minimum Gasteiger partial charge on any atom is -0.505 e. The van der Waals surface area contributed by atoms with Crippen molar-refractivity contribution in [3.05, 3.63) is 76.6 Å². The topological polar surface area (TPSA) is 108 Å². The average Bonchev–Trinajstić information content (AvgIpc) is 2.73. The van der Waals surface area contributed by atoms with Gasteiger partial charge in [-0.15, -0.1) is 0 Å². The molecule has 0 aliphatic rings. The predicted molar refractivity (Wildman–Crippen MR) is 132 cm³/mol. The van der Waals surface area contributed by atoms with Crippen LogP contribution in [0.3, 0.4) is 0 Å². The number of phenolic OH excluding ortho intramolecular Hbond substituents is 1. The Morgan fingerprint density at radius 3 is 2.36 bits per heavy atom. The lowest BCUT2D eigenvalue weighted by molar-refractivity contribution is 0.102. The van der Waals surface area contributed by atoms with Crippen LogP contribution in [0.1, 0.15) is 15.9 Å². The van der Waals surface area contributed by atoms with Crippen LogP contribution in [0.25, 0.3) is 11.1 Å². The van der Waals surface area contributed by atoms with Gasteiger partial charge in [-0.3, -0.25) is 10.1 Å². The number of aromatic hydroxyl groups is 1. The zero-order chi connectivity index (χ0) is 24.3. The van der Waals surface area contributed by atoms with E-state index in [4.69, 9.17) is 29.6 Å². The molecule has 3 aromatic rings. The molecule has 0 spiro atoms. The largest absolute Gasteiger partial charge is 0.505 e. The third-order valence-electron chi connectivity index (χ3n) is 4.72. The first-order chi connectivity index (χ1) is 15.6. The van der Waals surface area contributed by atoms with Crippen LogP contribution in [0.15, 0.2) is 54.6 Å². The van der Waals surface area contributed by atoms with Gasteiger partial charge in [0.2, 0.25) is 0 Å². The molecule has 0 atom stereocenters. The van der Waals surface area contributed by atoms with Crippen molar-refractivity contribution in [1.82, 2.24) is 5.32 Å². The molecule has 0 unspecified atom stereocenters. The Morgan fingerprint density at radius 2 is 1.73 bits per heavy atom. The number of hydrogen-bond acceptors (Lipinski definition) is 5. The molecule has 0 saturated heterocycles. The summed E-state index contributed by atoms with van der Waals surface area (Å²) in [7, 11) is 3.39. The van der Waals surface area contributed by atoms with E-state index in [0.29, 0.717) is 22.5 Å². The number of amides is 3. The molecule has 0 fully saturated rings. The summed E-state index contributed by atoms with van der Waals surface area (Å²) in [6, 6.07) is 13.1. The maximum atomic E-state index is 14.1. The number of nitrogens with one attached hydrogen (secondary N) is 2. The molecule has 5 N–H and O–H groups in total. The van der Waals surface area contributed by atoms with E-state index in [2.05, 4.69) is 10.6 Å². The standard InChI is InChI=1S/C23H20ClFN4O3S/c1-29(2)19-14(11-15(24)18(20(19)30)22(33)28-23(26)32)12-7-4-6-10-17(12)27-21(31)13-8-3-5-9-16(13)25/h3-11,30H,1-2H3,(H,27,31)(H3,26,28,32,33). The molecule has 0 radical (unpaired) electrons. The Balaban J connectivity index is 2.14. The first kappa shape index (κ1) is 24.0. The average molecular weight is 487 g/mol. The summed E-state index contributed by atoms with van der Waals surface area (Å²) < 4.78 is 14.1. The summed E-state index contributed by atoms with van der Waals surface area (Å²) in [5.74, 6) is -1.57. The lowest BCUT2D eigenvalue weighted by Crippen LogP contribution is -2.34. The Kier molecular flexibility index (Phi) is 7.15. The Labute approximate surface area is 200 Å². The Bertz CT molecular complexity index is 1270. The number of carbonyl (C=O) groups excluding carboxylic acids is 2. The first-order valence-corrected chi connectivity index (χ1v) is 10.4. The summed E-state index contributed by atoms with van der Waals surface area (Å²) in [5, 5.41) is 16.0. The van der Waals surface area contributed by atoms with Crippen LogP contribution in [0, 0.1) is 5.82 Å². The van der Waals surface area contributed by atoms with Gasteiger partial charge in [-0.25, -0.2) is 9.18 Å². The highest BCUT2D eigenvalue weighted by molar-refractivity contribution is 7.80. The van der Waals surface area contributed by atoms with Crippen molar-refractivity contribution in [2.24, 2.45) is 5.73 Å². The normalized spacial score (nSPS) is 10.4. The zero-order valence-electron chi connectivity index (χ0n) is 17.6. The smallest absolute Gasteiger partial charge is 0.317 e. The van der Waals surface area contributed by atoms with Crippen LogP contribution in [0.4, 0.5) is 20.6 Å². The summed E-state index contributed by atoms with van der Waals surface area (Å²) >= 11 is 11.6. The molecule has 0 heterocycles. The van der Waals surface area contributed by atoms with Gasteiger partial charge in [-0.1, -0.05) is 54.2 Å². The lowest BCUT2D eigenvalue weighted by Gasteiger charge is -2.24. The number of para-hydroxylation sites is 1. The number of benzene rings is 3. The van der Waals surface area contributed by atoms with E-state index < -0.39 is 17.8 Å². The van der Waals surface area contributed by atoms with Crippen LogP contribution in [-0.2, 0) is 0 Å². The second kappa shape index (κ2) is 9.85. The molecule has 7 nitrogen and oxygen atoms in total. The summed E-state index contributed by atoms with van der Waals surface area (Å²) in [4.78, 5) is 25.4. The summed E-state index contributed by atoms with van der Waals surface area (Å²) in [6.45, 7) is 0. The molecule has 0 aliphatic carbocycles. The first-order valence-electron chi connectivity index (χ1n) is 9.60. The van der Waals surface area contributed by atoms with Crippen LogP contribution in [-0.4, -0.2) is 36.1 Å². The van der Waals surface area contributed by atoms with E-state index in [9.17, 15) is 19.1 Å². The molecule has 10 heteroatoms. The molecule has 170 valence electrons. The van der Waals surface area contributed by atoms with E-state index >= 15 is 0 Å². The van der Waals surface area contributed by atoms with Crippen molar-refractivity contribution < 1.29 is 19.1 Å². The number of halogens is 2. The number of nitrogens with zero attached hydrogens (tertiary/aromatic N) is 1. The number of rotatable bonds is 5. The number of phenols is 1.